The van der Waals surface area contributed by atoms with Crippen molar-refractivity contribution in [1.82, 2.24) is 9.80 Å². The number of rotatable bonds is 11. The number of nitriles is 2. The van der Waals surface area contributed by atoms with E-state index in [4.69, 9.17) is 27.6 Å². The first-order valence-electron chi connectivity index (χ1n) is 16.8. The van der Waals surface area contributed by atoms with Crippen molar-refractivity contribution in [3.63, 3.8) is 0 Å². The van der Waals surface area contributed by atoms with Crippen LogP contribution < -0.4 is 9.47 Å². The first-order valence-corrected chi connectivity index (χ1v) is 19.8. The van der Waals surface area contributed by atoms with Gasteiger partial charge in [-0.25, -0.2) is 9.13 Å². The fourth-order valence-corrected chi connectivity index (χ4v) is 9.31. The van der Waals surface area contributed by atoms with Crippen molar-refractivity contribution in [2.75, 3.05) is 26.3 Å². The minimum atomic E-state index is -4.95. The maximum Gasteiger partial charge on any atom is 0.472 e. The predicted molar refractivity (Wildman–Crippen MR) is 180 cm³/mol. The summed E-state index contributed by atoms with van der Waals surface area (Å²) in [6.07, 6.45) is -0.781. The Hall–Kier alpha value is -3.82. The second-order valence-electron chi connectivity index (χ2n) is 14.1. The lowest BCUT2D eigenvalue weighted by molar-refractivity contribution is -0.140. The highest BCUT2D eigenvalue weighted by molar-refractivity contribution is 7.47. The Morgan fingerprint density at radius 3 is 1.46 bits per heavy atom. The number of likely N-dealkylation sites (tertiary alicyclic amines) is 2. The Labute approximate surface area is 300 Å². The molecule has 278 valence electrons. The third-order valence-corrected chi connectivity index (χ3v) is 11.6. The summed E-state index contributed by atoms with van der Waals surface area (Å²) in [4.78, 5) is 50.6. The quantitative estimate of drug-likeness (QED) is 0.232. The second-order valence-corrected chi connectivity index (χ2v) is 16.9. The summed E-state index contributed by atoms with van der Waals surface area (Å²) in [5.74, 6) is 0.405. The van der Waals surface area contributed by atoms with E-state index < -0.39 is 64.4 Å². The molecule has 2 aromatic carbocycles. The van der Waals surface area contributed by atoms with Crippen LogP contribution in [0.5, 0.6) is 11.5 Å². The number of carbonyl (C=O) groups excluding carboxylic acids is 2. The first-order chi connectivity index (χ1) is 24.4. The number of carbonyl (C=O) groups is 2. The molecule has 0 bridgehead atoms. The van der Waals surface area contributed by atoms with Crippen molar-refractivity contribution in [3.05, 3.63) is 58.7 Å². The number of hydrogen-bond donors (Lipinski definition) is 2. The van der Waals surface area contributed by atoms with Crippen LogP contribution in [-0.4, -0.2) is 81.1 Å². The highest BCUT2D eigenvalue weighted by atomic mass is 31.2. The van der Waals surface area contributed by atoms with Gasteiger partial charge >= 0.3 is 15.6 Å². The second kappa shape index (κ2) is 14.2. The molecular formula is C34H40N4O12P2. The van der Waals surface area contributed by atoms with Crippen molar-refractivity contribution in [2.45, 2.75) is 88.9 Å². The summed E-state index contributed by atoms with van der Waals surface area (Å²) < 4.78 is 60.7. The fraction of sp³-hybridized carbons (Fsp3) is 0.529. The van der Waals surface area contributed by atoms with Crippen LogP contribution in [0.4, 0.5) is 0 Å². The molecule has 2 aromatic rings. The lowest BCUT2D eigenvalue weighted by atomic mass is 9.85. The molecule has 2 fully saturated rings. The topological polar surface area (TPSA) is 218 Å². The van der Waals surface area contributed by atoms with E-state index in [0.29, 0.717) is 59.7 Å². The molecule has 2 amide bonds. The molecule has 2 unspecified atom stereocenters. The monoisotopic (exact) mass is 758 g/mol. The smallest absolute Gasteiger partial charge is 0.472 e. The zero-order valence-corrected chi connectivity index (χ0v) is 30.9. The van der Waals surface area contributed by atoms with E-state index in [1.807, 2.05) is 0 Å². The third kappa shape index (κ3) is 7.63. The van der Waals surface area contributed by atoms with Gasteiger partial charge in [-0.15, -0.1) is 0 Å². The van der Waals surface area contributed by atoms with Gasteiger partial charge in [0.2, 0.25) is 11.8 Å². The van der Waals surface area contributed by atoms with Crippen molar-refractivity contribution >= 4 is 27.5 Å². The van der Waals surface area contributed by atoms with E-state index in [1.54, 1.807) is 64.1 Å². The van der Waals surface area contributed by atoms with Crippen molar-refractivity contribution < 1.29 is 56.1 Å². The number of benzene rings is 2. The molecule has 4 aliphatic rings. The van der Waals surface area contributed by atoms with E-state index in [-0.39, 0.29) is 24.7 Å². The number of phosphoric ester groups is 2. The molecule has 0 radical (unpaired) electrons. The molecular weight excluding hydrogens is 718 g/mol. The highest BCUT2D eigenvalue weighted by Gasteiger charge is 2.54. The van der Waals surface area contributed by atoms with Crippen molar-refractivity contribution in [2.24, 2.45) is 0 Å². The van der Waals surface area contributed by atoms with E-state index in [0.717, 1.165) is 0 Å². The molecule has 4 aliphatic heterocycles. The molecule has 0 aromatic heterocycles. The number of phosphoric acid groups is 2. The Morgan fingerprint density at radius 1 is 0.750 bits per heavy atom. The summed E-state index contributed by atoms with van der Waals surface area (Å²) in [5.41, 5.74) is -1.03. The standard InChI is InChI=1S/C34H40N4O12P2/c1-33(2)31(29(37-13-5-7-27(37)39)23-17-21(19-35)9-11-25(23)47-33)49-51(41,42)45-15-16-46-52(43,44)50-32-30(38-14-6-8-28(38)40)24-18-22(20-36)10-12-26(24)48-34(32,3)4/h9-12,17-18,29-32H,5-8,13-16H2,1-4H3,(H,41,42)(H,43,44)/t29-,30-,31+,32+/m1/s1. The third-order valence-electron chi connectivity index (χ3n) is 9.58. The maximum absolute atomic E-state index is 13.4. The molecule has 2 saturated heterocycles. The van der Waals surface area contributed by atoms with Crippen molar-refractivity contribution in [3.8, 4) is 23.6 Å². The normalized spacial score (nSPS) is 26.9. The summed E-state index contributed by atoms with van der Waals surface area (Å²) in [6, 6.07) is 11.8. The van der Waals surface area contributed by atoms with Gasteiger partial charge < -0.3 is 29.1 Å². The van der Waals surface area contributed by atoms with E-state index in [1.165, 1.54) is 9.80 Å². The molecule has 2 N–H and O–H groups in total. The molecule has 16 nitrogen and oxygen atoms in total. The molecule has 0 aliphatic carbocycles. The number of hydrogen-bond acceptors (Lipinski definition) is 12. The van der Waals surface area contributed by atoms with Crippen LogP contribution in [0.15, 0.2) is 36.4 Å². The minimum absolute atomic E-state index is 0.192. The summed E-state index contributed by atoms with van der Waals surface area (Å²) in [5, 5.41) is 19.1. The van der Waals surface area contributed by atoms with Gasteiger partial charge in [-0.1, -0.05) is 0 Å². The molecule has 6 atom stereocenters. The van der Waals surface area contributed by atoms with Crippen LogP contribution in [0.3, 0.4) is 0 Å². The average Bonchev–Trinajstić information content (AvgIpc) is 3.70. The van der Waals surface area contributed by atoms with Gasteiger partial charge in [0.25, 0.3) is 0 Å². The van der Waals surface area contributed by atoms with Gasteiger partial charge in [0.1, 0.15) is 34.9 Å². The van der Waals surface area contributed by atoms with Crippen LogP contribution in [0, 0.1) is 22.7 Å². The van der Waals surface area contributed by atoms with Gasteiger partial charge in [-0.05, 0) is 76.9 Å². The lowest BCUT2D eigenvalue weighted by Crippen LogP contribution is -2.54. The number of nitrogens with zero attached hydrogens (tertiary/aromatic N) is 4. The number of fused-ring (bicyclic) bond motifs is 2. The largest absolute Gasteiger partial charge is 0.485 e. The SMILES string of the molecule is CC1(C)Oc2ccc(C#N)cc2[C@@H](N2CCCC2=O)[C@@H]1OP(=O)(O)OCCOP(=O)(O)O[C@H]1[C@H](N2CCCC2=O)c2cc(C#N)ccc2OC1(C)C. The van der Waals surface area contributed by atoms with Gasteiger partial charge in [-0.2, -0.15) is 10.5 Å². The molecule has 0 saturated carbocycles. The van der Waals surface area contributed by atoms with E-state index >= 15 is 0 Å². The maximum atomic E-state index is 13.4. The van der Waals surface area contributed by atoms with E-state index in [2.05, 4.69) is 12.1 Å². The van der Waals surface area contributed by atoms with Crippen LogP contribution in [0.1, 0.15) is 87.7 Å². The van der Waals surface area contributed by atoms with Gasteiger partial charge in [0.05, 0.1) is 48.6 Å². The van der Waals surface area contributed by atoms with E-state index in [9.17, 15) is 39.0 Å². The zero-order valence-electron chi connectivity index (χ0n) is 29.1. The Morgan fingerprint density at radius 2 is 1.13 bits per heavy atom. The van der Waals surface area contributed by atoms with Crippen LogP contribution in [-0.2, 0) is 36.8 Å². The van der Waals surface area contributed by atoms with Crippen molar-refractivity contribution in [1.29, 1.82) is 10.5 Å². The molecule has 18 heteroatoms. The number of ether oxygens (including phenoxy) is 2. The summed E-state index contributed by atoms with van der Waals surface area (Å²) in [6.45, 7) is 5.86. The molecule has 0 spiro atoms. The zero-order chi connectivity index (χ0) is 37.6. The Kier molecular flexibility index (Phi) is 10.4. The minimum Gasteiger partial charge on any atom is -0.485 e. The summed E-state index contributed by atoms with van der Waals surface area (Å²) in [7, 11) is -9.90. The number of amides is 2. The lowest BCUT2D eigenvalue weighted by Gasteiger charge is -2.47. The molecule has 4 heterocycles. The predicted octanol–water partition coefficient (Wildman–Crippen LogP) is 4.80. The van der Waals surface area contributed by atoms with Gasteiger partial charge in [-0.3, -0.25) is 27.7 Å². The highest BCUT2D eigenvalue weighted by Crippen LogP contribution is 2.56. The average molecular weight is 759 g/mol. The Bertz CT molecular complexity index is 1800. The Balaban J connectivity index is 1.15. The molecule has 6 rings (SSSR count). The van der Waals surface area contributed by atoms with Crippen LogP contribution in [0.2, 0.25) is 0 Å². The van der Waals surface area contributed by atoms with Crippen LogP contribution in [0.25, 0.3) is 0 Å². The summed E-state index contributed by atoms with van der Waals surface area (Å²) >= 11 is 0. The van der Waals surface area contributed by atoms with Gasteiger partial charge in [0, 0.05) is 37.1 Å². The fourth-order valence-electron chi connectivity index (χ4n) is 7.26. The molecule has 52 heavy (non-hydrogen) atoms. The first kappa shape index (κ1) is 37.9. The van der Waals surface area contributed by atoms with Gasteiger partial charge in [0.15, 0.2) is 0 Å². The van der Waals surface area contributed by atoms with Crippen LogP contribution >= 0.6 is 15.6 Å².